The van der Waals surface area contributed by atoms with Gasteiger partial charge in [-0.1, -0.05) is 17.7 Å². The van der Waals surface area contributed by atoms with E-state index < -0.39 is 10.0 Å². The number of carbonyl (C=O) groups is 1. The zero-order chi connectivity index (χ0) is 18.3. The Morgan fingerprint density at radius 1 is 1.04 bits per heavy atom. The summed E-state index contributed by atoms with van der Waals surface area (Å²) in [6, 6.07) is 13.5. The van der Waals surface area contributed by atoms with E-state index in [0.29, 0.717) is 18.0 Å². The normalized spacial score (nSPS) is 11.1. The molecule has 0 spiro atoms. The molecule has 0 fully saturated rings. The minimum absolute atomic E-state index is 0.0211. The van der Waals surface area contributed by atoms with E-state index in [4.69, 9.17) is 4.74 Å². The van der Waals surface area contributed by atoms with Crippen LogP contribution in [0.5, 0.6) is 5.75 Å². The number of aryl methyl sites for hydroxylation is 1. The number of nitrogens with one attached hydrogen (secondary N) is 2. The highest BCUT2D eigenvalue weighted by Crippen LogP contribution is 2.15. The van der Waals surface area contributed by atoms with Crippen molar-refractivity contribution in [2.45, 2.75) is 25.2 Å². The number of sulfonamides is 1. The molecular formula is C18H22N2O4S. The molecule has 0 aliphatic carbocycles. The van der Waals surface area contributed by atoms with Gasteiger partial charge in [0.25, 0.3) is 0 Å². The Balaban J connectivity index is 1.84. The Morgan fingerprint density at radius 3 is 2.28 bits per heavy atom. The fourth-order valence-corrected chi connectivity index (χ4v) is 3.16. The van der Waals surface area contributed by atoms with E-state index in [2.05, 4.69) is 10.0 Å². The lowest BCUT2D eigenvalue weighted by Gasteiger charge is -2.09. The Kier molecular flexibility index (Phi) is 6.55. The molecule has 25 heavy (non-hydrogen) atoms. The Morgan fingerprint density at radius 2 is 1.68 bits per heavy atom. The molecular weight excluding hydrogens is 340 g/mol. The summed E-state index contributed by atoms with van der Waals surface area (Å²) in [7, 11) is -3.65. The number of amides is 1. The van der Waals surface area contributed by atoms with Crippen LogP contribution in [0.2, 0.25) is 0 Å². The maximum absolute atomic E-state index is 12.2. The van der Waals surface area contributed by atoms with E-state index in [1.807, 2.05) is 26.0 Å². The third kappa shape index (κ3) is 5.88. The van der Waals surface area contributed by atoms with Crippen LogP contribution in [0.25, 0.3) is 0 Å². The summed E-state index contributed by atoms with van der Waals surface area (Å²) in [5.41, 5.74) is 1.78. The van der Waals surface area contributed by atoms with E-state index in [9.17, 15) is 13.2 Å². The third-order valence-corrected chi connectivity index (χ3v) is 4.90. The summed E-state index contributed by atoms with van der Waals surface area (Å²) in [5, 5.41) is 2.73. The molecule has 0 radical (unpaired) electrons. The van der Waals surface area contributed by atoms with Gasteiger partial charge in [0.2, 0.25) is 15.9 Å². The smallest absolute Gasteiger partial charge is 0.240 e. The van der Waals surface area contributed by atoms with Crippen molar-refractivity contribution < 1.29 is 17.9 Å². The van der Waals surface area contributed by atoms with Gasteiger partial charge in [-0.3, -0.25) is 4.79 Å². The number of hydrogen-bond donors (Lipinski definition) is 2. The van der Waals surface area contributed by atoms with Crippen LogP contribution >= 0.6 is 0 Å². The predicted molar refractivity (Wildman–Crippen MR) is 97.2 cm³/mol. The number of rotatable bonds is 8. The van der Waals surface area contributed by atoms with Crippen molar-refractivity contribution in [3.8, 4) is 5.75 Å². The van der Waals surface area contributed by atoms with E-state index >= 15 is 0 Å². The number of hydrogen-bond acceptors (Lipinski definition) is 4. The van der Waals surface area contributed by atoms with Crippen LogP contribution in [0.15, 0.2) is 53.4 Å². The summed E-state index contributed by atoms with van der Waals surface area (Å²) in [6.45, 7) is 4.35. The van der Waals surface area contributed by atoms with Crippen molar-refractivity contribution in [2.75, 3.05) is 18.5 Å². The van der Waals surface area contributed by atoms with Gasteiger partial charge >= 0.3 is 0 Å². The molecule has 0 atom stereocenters. The molecule has 0 unspecified atom stereocenters. The fraction of sp³-hybridized carbons (Fsp3) is 0.278. The average molecular weight is 362 g/mol. The van der Waals surface area contributed by atoms with Crippen molar-refractivity contribution in [1.29, 1.82) is 0 Å². The second kappa shape index (κ2) is 8.64. The van der Waals surface area contributed by atoms with Gasteiger partial charge in [-0.2, -0.15) is 0 Å². The summed E-state index contributed by atoms with van der Waals surface area (Å²) in [6.07, 6.45) is 0.0458. The van der Waals surface area contributed by atoms with Crippen LogP contribution < -0.4 is 14.8 Å². The summed E-state index contributed by atoms with van der Waals surface area (Å²) in [5.74, 6) is 0.358. The maximum Gasteiger partial charge on any atom is 0.240 e. The van der Waals surface area contributed by atoms with Crippen molar-refractivity contribution in [3.05, 3.63) is 54.1 Å². The lowest BCUT2D eigenvalue weighted by molar-refractivity contribution is -0.116. The molecule has 0 bridgehead atoms. The summed E-state index contributed by atoms with van der Waals surface area (Å²) in [4.78, 5) is 12.0. The van der Waals surface area contributed by atoms with E-state index in [1.165, 1.54) is 12.1 Å². The number of carbonyl (C=O) groups excluding carboxylic acids is 1. The molecule has 7 heteroatoms. The van der Waals surface area contributed by atoms with Crippen molar-refractivity contribution in [1.82, 2.24) is 4.72 Å². The summed E-state index contributed by atoms with van der Waals surface area (Å²) < 4.78 is 32.1. The Bertz CT molecular complexity index is 800. The highest BCUT2D eigenvalue weighted by Gasteiger charge is 2.14. The van der Waals surface area contributed by atoms with Crippen LogP contribution in [0.1, 0.15) is 18.9 Å². The van der Waals surface area contributed by atoms with E-state index in [-0.39, 0.29) is 23.8 Å². The van der Waals surface area contributed by atoms with Crippen LogP contribution in [-0.2, 0) is 14.8 Å². The zero-order valence-electron chi connectivity index (χ0n) is 14.3. The molecule has 0 aliphatic rings. The standard InChI is InChI=1S/C18H22N2O4S/c1-3-24-16-8-10-17(11-9-16)25(22,23)19-13-12-18(21)20-15-6-4-14(2)5-7-15/h4-11,19H,3,12-13H2,1-2H3,(H,20,21). The largest absolute Gasteiger partial charge is 0.494 e. The Hall–Kier alpha value is -2.38. The molecule has 6 nitrogen and oxygen atoms in total. The molecule has 0 aliphatic heterocycles. The molecule has 0 saturated heterocycles. The quantitative estimate of drug-likeness (QED) is 0.756. The molecule has 0 heterocycles. The van der Waals surface area contributed by atoms with Crippen molar-refractivity contribution in [2.24, 2.45) is 0 Å². The minimum atomic E-state index is -3.65. The third-order valence-electron chi connectivity index (χ3n) is 3.42. The molecule has 2 aromatic rings. The molecule has 2 rings (SSSR count). The van der Waals surface area contributed by atoms with Crippen LogP contribution in [0, 0.1) is 6.92 Å². The first-order chi connectivity index (χ1) is 11.9. The van der Waals surface area contributed by atoms with Gasteiger partial charge in [0.1, 0.15) is 5.75 Å². The molecule has 0 aromatic heterocycles. The summed E-state index contributed by atoms with van der Waals surface area (Å²) >= 11 is 0. The van der Waals surface area contributed by atoms with Gasteiger partial charge < -0.3 is 10.1 Å². The Labute approximate surface area is 148 Å². The second-order valence-corrected chi connectivity index (χ2v) is 7.23. The average Bonchev–Trinajstić information content (AvgIpc) is 2.57. The fourth-order valence-electron chi connectivity index (χ4n) is 2.12. The van der Waals surface area contributed by atoms with Crippen LogP contribution in [0.3, 0.4) is 0 Å². The molecule has 2 N–H and O–H groups in total. The molecule has 1 amide bonds. The van der Waals surface area contributed by atoms with Crippen molar-refractivity contribution in [3.63, 3.8) is 0 Å². The van der Waals surface area contributed by atoms with Crippen LogP contribution in [-0.4, -0.2) is 27.5 Å². The van der Waals surface area contributed by atoms with Gasteiger partial charge in [0, 0.05) is 18.7 Å². The van der Waals surface area contributed by atoms with E-state index in [0.717, 1.165) is 5.56 Å². The first-order valence-electron chi connectivity index (χ1n) is 8.00. The maximum atomic E-state index is 12.2. The minimum Gasteiger partial charge on any atom is -0.494 e. The predicted octanol–water partition coefficient (Wildman–Crippen LogP) is 2.70. The van der Waals surface area contributed by atoms with Gasteiger partial charge in [-0.25, -0.2) is 13.1 Å². The lowest BCUT2D eigenvalue weighted by atomic mass is 10.2. The molecule has 0 saturated carbocycles. The molecule has 2 aromatic carbocycles. The van der Waals surface area contributed by atoms with Gasteiger partial charge in [-0.05, 0) is 50.2 Å². The number of ether oxygens (including phenoxy) is 1. The zero-order valence-corrected chi connectivity index (χ0v) is 15.1. The second-order valence-electron chi connectivity index (χ2n) is 5.47. The highest BCUT2D eigenvalue weighted by atomic mass is 32.2. The SMILES string of the molecule is CCOc1ccc(S(=O)(=O)NCCC(=O)Nc2ccc(C)cc2)cc1. The van der Waals surface area contributed by atoms with Gasteiger partial charge in [-0.15, -0.1) is 0 Å². The topological polar surface area (TPSA) is 84.5 Å². The highest BCUT2D eigenvalue weighted by molar-refractivity contribution is 7.89. The van der Waals surface area contributed by atoms with Crippen molar-refractivity contribution >= 4 is 21.6 Å². The molecule has 134 valence electrons. The number of benzene rings is 2. The van der Waals surface area contributed by atoms with E-state index in [1.54, 1.807) is 24.3 Å². The lowest BCUT2D eigenvalue weighted by Crippen LogP contribution is -2.27. The monoisotopic (exact) mass is 362 g/mol. The van der Waals surface area contributed by atoms with Crippen LogP contribution in [0.4, 0.5) is 5.69 Å². The number of anilines is 1. The van der Waals surface area contributed by atoms with Gasteiger partial charge in [0.05, 0.1) is 11.5 Å². The first-order valence-corrected chi connectivity index (χ1v) is 9.48. The first kappa shape index (κ1) is 19.0. The van der Waals surface area contributed by atoms with Gasteiger partial charge in [0.15, 0.2) is 0 Å².